The number of aliphatic hydroxyl groups excluding tert-OH is 1. The van der Waals surface area contributed by atoms with Gasteiger partial charge < -0.3 is 14.7 Å². The van der Waals surface area contributed by atoms with E-state index >= 15 is 0 Å². The van der Waals surface area contributed by atoms with Crippen LogP contribution >= 0.6 is 0 Å². The van der Waals surface area contributed by atoms with Gasteiger partial charge in [-0.15, -0.1) is 0 Å². The number of likely N-dealkylation sites (N-methyl/N-ethyl adjacent to an activating group) is 1. The molecule has 0 fully saturated rings. The Balaban J connectivity index is 3.75. The Morgan fingerprint density at radius 1 is 1.64 bits per heavy atom. The molecule has 0 saturated carbocycles. The van der Waals surface area contributed by atoms with E-state index in [9.17, 15) is 4.79 Å². The normalized spacial score (nSPS) is 9.00. The van der Waals surface area contributed by atoms with Gasteiger partial charge >= 0.3 is 5.97 Å². The highest BCUT2D eigenvalue weighted by Crippen LogP contribution is 1.96. The van der Waals surface area contributed by atoms with Gasteiger partial charge in [-0.05, 0) is 0 Å². The first-order valence-corrected chi connectivity index (χ1v) is 3.23. The van der Waals surface area contributed by atoms with E-state index in [4.69, 9.17) is 5.11 Å². The van der Waals surface area contributed by atoms with Gasteiger partial charge in [0, 0.05) is 14.1 Å². The summed E-state index contributed by atoms with van der Waals surface area (Å²) >= 11 is 0. The molecule has 4 nitrogen and oxygen atoms in total. The monoisotopic (exact) mass is 159 g/mol. The van der Waals surface area contributed by atoms with Crippen LogP contribution in [0.15, 0.2) is 12.3 Å². The summed E-state index contributed by atoms with van der Waals surface area (Å²) in [5.74, 6) is -0.496. The maximum absolute atomic E-state index is 10.9. The Kier molecular flexibility index (Phi) is 4.29. The summed E-state index contributed by atoms with van der Waals surface area (Å²) < 4.78 is 4.58. The summed E-state index contributed by atoms with van der Waals surface area (Å²) in [4.78, 5) is 12.4. The summed E-state index contributed by atoms with van der Waals surface area (Å²) in [6.07, 6.45) is 0. The summed E-state index contributed by atoms with van der Waals surface area (Å²) in [5, 5.41) is 8.32. The molecule has 0 radical (unpaired) electrons. The van der Waals surface area contributed by atoms with E-state index < -0.39 is 5.97 Å². The summed E-state index contributed by atoms with van der Waals surface area (Å²) in [7, 11) is 3.39. The largest absolute Gasteiger partial charge is 0.459 e. The number of nitrogens with zero attached hydrogens (tertiary/aromatic N) is 1. The lowest BCUT2D eigenvalue weighted by Crippen LogP contribution is -2.21. The van der Waals surface area contributed by atoms with Crippen LogP contribution < -0.4 is 0 Å². The number of carbonyl (C=O) groups excluding carboxylic acids is 1. The highest BCUT2D eigenvalue weighted by molar-refractivity contribution is 5.86. The fraction of sp³-hybridized carbons (Fsp3) is 0.571. The number of hydrogen-bond donors (Lipinski definition) is 1. The quantitative estimate of drug-likeness (QED) is 0.448. The van der Waals surface area contributed by atoms with E-state index in [2.05, 4.69) is 11.3 Å². The first-order valence-electron chi connectivity index (χ1n) is 3.23. The Morgan fingerprint density at radius 3 is 2.55 bits per heavy atom. The Hall–Kier alpha value is -1.03. The van der Waals surface area contributed by atoms with Crippen LogP contribution in [0.25, 0.3) is 0 Å². The van der Waals surface area contributed by atoms with Crippen molar-refractivity contribution in [2.24, 2.45) is 0 Å². The third kappa shape index (κ3) is 3.62. The molecule has 0 aliphatic heterocycles. The lowest BCUT2D eigenvalue weighted by Gasteiger charge is -2.13. The average molecular weight is 159 g/mol. The first-order chi connectivity index (χ1) is 5.09. The number of rotatable bonds is 4. The fourth-order valence-corrected chi connectivity index (χ4v) is 0.404. The van der Waals surface area contributed by atoms with Crippen LogP contribution in [0.2, 0.25) is 0 Å². The van der Waals surface area contributed by atoms with Crippen molar-refractivity contribution in [1.82, 2.24) is 4.90 Å². The molecular weight excluding hydrogens is 146 g/mol. The smallest absolute Gasteiger partial charge is 0.354 e. The van der Waals surface area contributed by atoms with Crippen LogP contribution in [0.4, 0.5) is 0 Å². The lowest BCUT2D eigenvalue weighted by molar-refractivity contribution is -0.141. The van der Waals surface area contributed by atoms with Gasteiger partial charge in [0.1, 0.15) is 12.3 Å². The van der Waals surface area contributed by atoms with Crippen LogP contribution in [0, 0.1) is 0 Å². The number of aliphatic hydroxyl groups is 1. The molecule has 0 aromatic rings. The van der Waals surface area contributed by atoms with Crippen molar-refractivity contribution in [2.45, 2.75) is 0 Å². The summed E-state index contributed by atoms with van der Waals surface area (Å²) in [5.41, 5.74) is 0.276. The molecular formula is C7H13NO3. The average Bonchev–Trinajstić information content (AvgIpc) is 1.98. The topological polar surface area (TPSA) is 49.8 Å². The van der Waals surface area contributed by atoms with Crippen molar-refractivity contribution in [1.29, 1.82) is 0 Å². The standard InChI is InChI=1S/C7H13NO3/c1-6(8(2)3)7(10)11-5-4-9/h9H,1,4-5H2,2-3H3. The molecule has 0 aromatic heterocycles. The van der Waals surface area contributed by atoms with Gasteiger partial charge in [0.2, 0.25) is 0 Å². The zero-order valence-corrected chi connectivity index (χ0v) is 6.83. The second kappa shape index (κ2) is 4.73. The maximum Gasteiger partial charge on any atom is 0.354 e. The van der Waals surface area contributed by atoms with Crippen molar-refractivity contribution in [3.8, 4) is 0 Å². The molecule has 0 atom stereocenters. The molecule has 0 amide bonds. The zero-order chi connectivity index (χ0) is 8.85. The van der Waals surface area contributed by atoms with E-state index in [-0.39, 0.29) is 18.9 Å². The molecule has 0 bridgehead atoms. The van der Waals surface area contributed by atoms with Crippen molar-refractivity contribution in [3.63, 3.8) is 0 Å². The number of carbonyl (C=O) groups is 1. The van der Waals surface area contributed by atoms with Crippen molar-refractivity contribution in [2.75, 3.05) is 27.3 Å². The fourth-order valence-electron chi connectivity index (χ4n) is 0.404. The molecule has 0 aliphatic carbocycles. The van der Waals surface area contributed by atoms with E-state index in [0.29, 0.717) is 0 Å². The van der Waals surface area contributed by atoms with E-state index in [0.717, 1.165) is 0 Å². The molecule has 0 saturated heterocycles. The molecule has 4 heteroatoms. The summed E-state index contributed by atoms with van der Waals surface area (Å²) in [6.45, 7) is 3.34. The van der Waals surface area contributed by atoms with Crippen LogP contribution in [0.3, 0.4) is 0 Å². The highest BCUT2D eigenvalue weighted by Gasteiger charge is 2.08. The van der Waals surface area contributed by atoms with Gasteiger partial charge in [-0.25, -0.2) is 4.79 Å². The van der Waals surface area contributed by atoms with Gasteiger partial charge in [-0.2, -0.15) is 0 Å². The third-order valence-corrected chi connectivity index (χ3v) is 1.10. The number of ether oxygens (including phenoxy) is 1. The first kappa shape index (κ1) is 9.97. The van der Waals surface area contributed by atoms with Crippen LogP contribution in [0.5, 0.6) is 0 Å². The molecule has 0 rings (SSSR count). The molecule has 0 aliphatic rings. The third-order valence-electron chi connectivity index (χ3n) is 1.10. The molecule has 0 spiro atoms. The minimum absolute atomic E-state index is 0.0195. The van der Waals surface area contributed by atoms with E-state index in [1.54, 1.807) is 19.0 Å². The molecule has 0 heterocycles. The van der Waals surface area contributed by atoms with Crippen LogP contribution in [-0.4, -0.2) is 43.3 Å². The maximum atomic E-state index is 10.9. The van der Waals surface area contributed by atoms with Gasteiger partial charge in [-0.3, -0.25) is 0 Å². The van der Waals surface area contributed by atoms with E-state index in [1.807, 2.05) is 0 Å². The van der Waals surface area contributed by atoms with Gasteiger partial charge in [-0.1, -0.05) is 6.58 Å². The number of hydrogen-bond acceptors (Lipinski definition) is 4. The Labute approximate surface area is 66.1 Å². The van der Waals surface area contributed by atoms with Gasteiger partial charge in [0.25, 0.3) is 0 Å². The second-order valence-corrected chi connectivity index (χ2v) is 2.20. The Morgan fingerprint density at radius 2 is 2.18 bits per heavy atom. The van der Waals surface area contributed by atoms with Crippen molar-refractivity contribution in [3.05, 3.63) is 12.3 Å². The minimum Gasteiger partial charge on any atom is -0.459 e. The lowest BCUT2D eigenvalue weighted by atomic mass is 10.4. The Bertz CT molecular complexity index is 154. The SMILES string of the molecule is C=C(C(=O)OCCO)N(C)C. The molecule has 11 heavy (non-hydrogen) atoms. The predicted octanol–water partition coefficient (Wildman–Crippen LogP) is -0.403. The zero-order valence-electron chi connectivity index (χ0n) is 6.83. The number of esters is 1. The molecule has 64 valence electrons. The predicted molar refractivity (Wildman–Crippen MR) is 40.9 cm³/mol. The van der Waals surface area contributed by atoms with Gasteiger partial charge in [0.15, 0.2) is 0 Å². The van der Waals surface area contributed by atoms with Crippen LogP contribution in [-0.2, 0) is 9.53 Å². The minimum atomic E-state index is -0.496. The van der Waals surface area contributed by atoms with Crippen molar-refractivity contribution >= 4 is 5.97 Å². The molecule has 0 aromatic carbocycles. The molecule has 0 unspecified atom stereocenters. The van der Waals surface area contributed by atoms with E-state index in [1.165, 1.54) is 0 Å². The highest BCUT2D eigenvalue weighted by atomic mass is 16.5. The second-order valence-electron chi connectivity index (χ2n) is 2.20. The van der Waals surface area contributed by atoms with Gasteiger partial charge in [0.05, 0.1) is 6.61 Å². The van der Waals surface area contributed by atoms with Crippen molar-refractivity contribution < 1.29 is 14.6 Å². The molecule has 1 N–H and O–H groups in total. The summed E-state index contributed by atoms with van der Waals surface area (Å²) in [6, 6.07) is 0. The van der Waals surface area contributed by atoms with Crippen LogP contribution in [0.1, 0.15) is 0 Å².